The van der Waals surface area contributed by atoms with Crippen LogP contribution in [0.15, 0.2) is 24.3 Å². The summed E-state index contributed by atoms with van der Waals surface area (Å²) in [4.78, 5) is 62.9. The molecule has 8 nitrogen and oxygen atoms in total. The average molecular weight is 442 g/mol. The lowest BCUT2D eigenvalue weighted by Crippen LogP contribution is -2.31. The molecule has 3 amide bonds. The minimum Gasteiger partial charge on any atom is -0.462 e. The maximum absolute atomic E-state index is 12.5. The molecule has 0 unspecified atom stereocenters. The van der Waals surface area contributed by atoms with Gasteiger partial charge in [0, 0.05) is 13.0 Å². The number of nitrogens with one attached hydrogen (secondary N) is 1. The molecule has 0 radical (unpaired) electrons. The zero-order valence-corrected chi connectivity index (χ0v) is 18.3. The number of carbonyl (C=O) groups excluding carboxylic acids is 5. The van der Waals surface area contributed by atoms with E-state index in [1.165, 1.54) is 6.92 Å². The second-order valence-corrected chi connectivity index (χ2v) is 8.02. The molecule has 1 aliphatic heterocycles. The molecule has 162 valence electrons. The highest BCUT2D eigenvalue weighted by molar-refractivity contribution is 7.18. The summed E-state index contributed by atoms with van der Waals surface area (Å²) in [5, 5.41) is 2.93. The van der Waals surface area contributed by atoms with Crippen LogP contribution in [0.1, 0.15) is 73.0 Å². The number of thiophene rings is 1. The number of nitrogens with zero attached hydrogens (tertiary/aromatic N) is 1. The first kappa shape index (κ1) is 22.4. The molecular formula is C22H22N2O6S. The molecule has 0 bridgehead atoms. The quantitative estimate of drug-likeness (QED) is 0.381. The number of hydrogen-bond donors (Lipinski definition) is 1. The van der Waals surface area contributed by atoms with Crippen LogP contribution in [-0.4, -0.2) is 47.5 Å². The number of Topliss-reactive ketones (excluding diaryl/α,β-unsaturated/α-hetero) is 1. The van der Waals surface area contributed by atoms with E-state index in [0.717, 1.165) is 16.2 Å². The lowest BCUT2D eigenvalue weighted by atomic mass is 10.1. The highest BCUT2D eigenvalue weighted by atomic mass is 32.1. The monoisotopic (exact) mass is 442 g/mol. The number of rotatable bonds is 8. The predicted molar refractivity (Wildman–Crippen MR) is 115 cm³/mol. The summed E-state index contributed by atoms with van der Waals surface area (Å²) in [6.07, 6.45) is 0.290. The molecule has 9 heteroatoms. The molecule has 1 aromatic carbocycles. The third-order valence-electron chi connectivity index (χ3n) is 4.86. The number of amides is 3. The van der Waals surface area contributed by atoms with Crippen LogP contribution >= 0.6 is 11.3 Å². The van der Waals surface area contributed by atoms with Gasteiger partial charge < -0.3 is 10.1 Å². The maximum Gasteiger partial charge on any atom is 0.341 e. The van der Waals surface area contributed by atoms with E-state index in [9.17, 15) is 24.0 Å². The molecule has 0 atom stereocenters. The van der Waals surface area contributed by atoms with E-state index in [2.05, 4.69) is 5.32 Å². The summed E-state index contributed by atoms with van der Waals surface area (Å²) in [5.41, 5.74) is 1.37. The van der Waals surface area contributed by atoms with Crippen LogP contribution in [0.3, 0.4) is 0 Å². The van der Waals surface area contributed by atoms with Gasteiger partial charge in [-0.25, -0.2) is 4.79 Å². The van der Waals surface area contributed by atoms with Crippen LogP contribution < -0.4 is 5.32 Å². The van der Waals surface area contributed by atoms with E-state index in [0.29, 0.717) is 21.6 Å². The van der Waals surface area contributed by atoms with E-state index in [4.69, 9.17) is 4.74 Å². The molecule has 0 fully saturated rings. The molecule has 31 heavy (non-hydrogen) atoms. The molecule has 1 N–H and O–H groups in total. The van der Waals surface area contributed by atoms with Crippen molar-refractivity contribution in [2.75, 3.05) is 18.5 Å². The van der Waals surface area contributed by atoms with E-state index in [1.54, 1.807) is 38.1 Å². The first-order valence-corrected chi connectivity index (χ1v) is 10.6. The van der Waals surface area contributed by atoms with Gasteiger partial charge in [0.05, 0.1) is 28.2 Å². The summed E-state index contributed by atoms with van der Waals surface area (Å²) >= 11 is 1.03. The molecule has 0 saturated carbocycles. The van der Waals surface area contributed by atoms with Gasteiger partial charge in [0.2, 0.25) is 5.91 Å². The van der Waals surface area contributed by atoms with Gasteiger partial charge in [0.1, 0.15) is 5.00 Å². The van der Waals surface area contributed by atoms with Crippen molar-refractivity contribution >= 4 is 45.8 Å². The Morgan fingerprint density at radius 3 is 2.26 bits per heavy atom. The largest absolute Gasteiger partial charge is 0.462 e. The zero-order valence-electron chi connectivity index (χ0n) is 17.4. The molecule has 0 spiro atoms. The SMILES string of the molecule is CCOC(=O)c1c(NC(=O)CCCN2C(=O)c3ccccc3C2=O)sc(C(C)=O)c1C. The minimum atomic E-state index is -0.606. The number of carbonyl (C=O) groups is 5. The molecule has 0 aliphatic carbocycles. The Kier molecular flexibility index (Phi) is 6.65. The topological polar surface area (TPSA) is 110 Å². The molecular weight excluding hydrogens is 420 g/mol. The van der Waals surface area contributed by atoms with E-state index < -0.39 is 11.9 Å². The number of anilines is 1. The summed E-state index contributed by atoms with van der Waals surface area (Å²) in [6.45, 7) is 4.96. The van der Waals surface area contributed by atoms with Crippen molar-refractivity contribution in [3.05, 3.63) is 51.4 Å². The first-order chi connectivity index (χ1) is 14.8. The Labute approximate surface area is 183 Å². The van der Waals surface area contributed by atoms with Gasteiger partial charge in [-0.15, -0.1) is 11.3 Å². The number of benzene rings is 1. The number of fused-ring (bicyclic) bond motifs is 1. The van der Waals surface area contributed by atoms with Crippen molar-refractivity contribution in [1.82, 2.24) is 4.90 Å². The molecule has 3 rings (SSSR count). The van der Waals surface area contributed by atoms with Gasteiger partial charge in [-0.05, 0) is 44.9 Å². The first-order valence-electron chi connectivity index (χ1n) is 9.82. The van der Waals surface area contributed by atoms with E-state index in [-0.39, 0.29) is 54.2 Å². The average Bonchev–Trinajstić information content (AvgIpc) is 3.17. The minimum absolute atomic E-state index is 0.0298. The second kappa shape index (κ2) is 9.22. The molecule has 1 aromatic heterocycles. The van der Waals surface area contributed by atoms with Crippen LogP contribution in [-0.2, 0) is 9.53 Å². The summed E-state index contributed by atoms with van der Waals surface area (Å²) in [6, 6.07) is 6.59. The number of imide groups is 1. The number of esters is 1. The van der Waals surface area contributed by atoms with E-state index >= 15 is 0 Å². The fourth-order valence-corrected chi connectivity index (χ4v) is 4.52. The maximum atomic E-state index is 12.5. The summed E-state index contributed by atoms with van der Waals surface area (Å²) < 4.78 is 5.05. The molecule has 1 aliphatic rings. The zero-order chi connectivity index (χ0) is 22.7. The van der Waals surface area contributed by atoms with E-state index in [1.807, 2.05) is 0 Å². The van der Waals surface area contributed by atoms with Gasteiger partial charge in [-0.3, -0.25) is 24.1 Å². The van der Waals surface area contributed by atoms with Crippen LogP contribution in [0, 0.1) is 6.92 Å². The Bertz CT molecular complexity index is 1050. The number of ether oxygens (including phenoxy) is 1. The Morgan fingerprint density at radius 1 is 1.10 bits per heavy atom. The van der Waals surface area contributed by atoms with Crippen molar-refractivity contribution < 1.29 is 28.7 Å². The lowest BCUT2D eigenvalue weighted by Gasteiger charge is -2.13. The van der Waals surface area contributed by atoms with Gasteiger partial charge in [-0.2, -0.15) is 0 Å². The predicted octanol–water partition coefficient (Wildman–Crippen LogP) is 3.45. The third kappa shape index (κ3) is 4.41. The van der Waals surface area contributed by atoms with Gasteiger partial charge in [0.25, 0.3) is 11.8 Å². The highest BCUT2D eigenvalue weighted by Gasteiger charge is 2.34. The smallest absolute Gasteiger partial charge is 0.341 e. The summed E-state index contributed by atoms with van der Waals surface area (Å²) in [7, 11) is 0. The third-order valence-corrected chi connectivity index (χ3v) is 6.17. The van der Waals surface area contributed by atoms with Crippen LogP contribution in [0.25, 0.3) is 0 Å². The normalized spacial score (nSPS) is 12.7. The fourth-order valence-electron chi connectivity index (χ4n) is 3.42. The van der Waals surface area contributed by atoms with Crippen molar-refractivity contribution in [1.29, 1.82) is 0 Å². The number of hydrogen-bond acceptors (Lipinski definition) is 7. The van der Waals surface area contributed by atoms with Gasteiger partial charge in [0.15, 0.2) is 5.78 Å². The Balaban J connectivity index is 1.65. The van der Waals surface area contributed by atoms with Crippen LogP contribution in [0.5, 0.6) is 0 Å². The molecule has 2 aromatic rings. The van der Waals surface area contributed by atoms with Gasteiger partial charge in [-0.1, -0.05) is 12.1 Å². The Hall–Kier alpha value is -3.33. The summed E-state index contributed by atoms with van der Waals surface area (Å²) in [5.74, 6) is -1.95. The van der Waals surface area contributed by atoms with Crippen molar-refractivity contribution in [3.63, 3.8) is 0 Å². The fraction of sp³-hybridized carbons (Fsp3) is 0.318. The van der Waals surface area contributed by atoms with Crippen molar-refractivity contribution in [2.45, 2.75) is 33.6 Å². The van der Waals surface area contributed by atoms with Crippen molar-refractivity contribution in [2.24, 2.45) is 0 Å². The number of ketones is 1. The van der Waals surface area contributed by atoms with Crippen LogP contribution in [0.4, 0.5) is 5.00 Å². The highest BCUT2D eigenvalue weighted by Crippen LogP contribution is 2.34. The molecule has 2 heterocycles. The van der Waals surface area contributed by atoms with Crippen LogP contribution in [0.2, 0.25) is 0 Å². The molecule has 0 saturated heterocycles. The van der Waals surface area contributed by atoms with Crippen molar-refractivity contribution in [3.8, 4) is 0 Å². The Morgan fingerprint density at radius 2 is 1.71 bits per heavy atom. The van der Waals surface area contributed by atoms with Gasteiger partial charge >= 0.3 is 5.97 Å². The second-order valence-electron chi connectivity index (χ2n) is 7.00. The standard InChI is InChI=1S/C22H22N2O6S/c1-4-30-22(29)17-12(2)18(13(3)25)31-19(17)23-16(26)10-7-11-24-20(27)14-8-5-6-9-15(14)21(24)28/h5-6,8-9H,4,7,10-11H2,1-3H3,(H,23,26). The lowest BCUT2D eigenvalue weighted by molar-refractivity contribution is -0.116.